The van der Waals surface area contributed by atoms with Crippen molar-refractivity contribution in [3.63, 3.8) is 0 Å². The van der Waals surface area contributed by atoms with Crippen LogP contribution < -0.4 is 10.7 Å². The van der Waals surface area contributed by atoms with Gasteiger partial charge in [-0.15, -0.1) is 0 Å². The molecule has 0 spiro atoms. The van der Waals surface area contributed by atoms with Crippen LogP contribution in [0, 0.1) is 20.8 Å². The predicted molar refractivity (Wildman–Crippen MR) is 119 cm³/mol. The number of hydrogen-bond donors (Lipinski definition) is 1. The first-order valence-corrected chi connectivity index (χ1v) is 11.1. The minimum absolute atomic E-state index is 0.208. The molecule has 0 fully saturated rings. The van der Waals surface area contributed by atoms with E-state index in [9.17, 15) is 9.59 Å². The van der Waals surface area contributed by atoms with Crippen LogP contribution in [0.15, 0.2) is 27.5 Å². The Balaban J connectivity index is 2.49. The van der Waals surface area contributed by atoms with Gasteiger partial charge >= 0.3 is 0 Å². The van der Waals surface area contributed by atoms with Gasteiger partial charge in [0.05, 0.1) is 4.47 Å². The minimum atomic E-state index is -0.348. The number of benzene rings is 1. The molecule has 0 radical (unpaired) electrons. The number of thioether (sulfide) groups is 1. The Morgan fingerprint density at radius 2 is 1.89 bits per heavy atom. The van der Waals surface area contributed by atoms with Gasteiger partial charge in [0, 0.05) is 29.4 Å². The average molecular weight is 451 g/mol. The van der Waals surface area contributed by atoms with Crippen LogP contribution in [0.2, 0.25) is 0 Å². The highest BCUT2D eigenvalue weighted by atomic mass is 79.9. The smallest absolute Gasteiger partial charge is 0.261 e. The lowest BCUT2D eigenvalue weighted by Gasteiger charge is -2.20. The molecule has 2 rings (SSSR count). The van der Waals surface area contributed by atoms with Gasteiger partial charge in [-0.1, -0.05) is 32.0 Å². The van der Waals surface area contributed by atoms with Crippen molar-refractivity contribution in [1.82, 2.24) is 4.57 Å². The Morgan fingerprint density at radius 1 is 1.19 bits per heavy atom. The van der Waals surface area contributed by atoms with E-state index >= 15 is 0 Å². The first-order chi connectivity index (χ1) is 12.8. The number of halogens is 1. The maximum absolute atomic E-state index is 13.1. The molecule has 0 bridgehead atoms. The molecular weight excluding hydrogens is 424 g/mol. The average Bonchev–Trinajstić information content (AvgIpc) is 2.64. The van der Waals surface area contributed by atoms with Gasteiger partial charge in [0.15, 0.2) is 0 Å². The van der Waals surface area contributed by atoms with Crippen molar-refractivity contribution in [2.45, 2.75) is 47.6 Å². The SMILES string of the molecule is CCSCCn1c(C)c(Br)c(=O)c(C(=O)Nc2c(C)cccc2CC)c1C. The van der Waals surface area contributed by atoms with Gasteiger partial charge < -0.3 is 9.88 Å². The van der Waals surface area contributed by atoms with Gasteiger partial charge in [0.1, 0.15) is 5.56 Å². The summed E-state index contributed by atoms with van der Waals surface area (Å²) in [5.74, 6) is 1.63. The molecule has 0 atom stereocenters. The number of anilines is 1. The lowest BCUT2D eigenvalue weighted by Crippen LogP contribution is -2.29. The van der Waals surface area contributed by atoms with Crippen LogP contribution in [0.25, 0.3) is 0 Å². The fraction of sp³-hybridized carbons (Fsp3) is 0.429. The van der Waals surface area contributed by atoms with Crippen molar-refractivity contribution in [3.05, 3.63) is 61.0 Å². The Kier molecular flexibility index (Phi) is 7.74. The molecule has 1 aromatic carbocycles. The topological polar surface area (TPSA) is 51.1 Å². The van der Waals surface area contributed by atoms with Crippen molar-refractivity contribution in [2.24, 2.45) is 0 Å². The first kappa shape index (κ1) is 21.8. The highest BCUT2D eigenvalue weighted by Gasteiger charge is 2.22. The second-order valence-electron chi connectivity index (χ2n) is 6.45. The van der Waals surface area contributed by atoms with Crippen LogP contribution in [0.3, 0.4) is 0 Å². The van der Waals surface area contributed by atoms with E-state index in [0.717, 1.165) is 47.0 Å². The number of aryl methyl sites for hydroxylation is 2. The Morgan fingerprint density at radius 3 is 2.52 bits per heavy atom. The second-order valence-corrected chi connectivity index (χ2v) is 8.64. The van der Waals surface area contributed by atoms with Crippen molar-refractivity contribution < 1.29 is 4.79 Å². The molecule has 0 unspecified atom stereocenters. The molecule has 6 heteroatoms. The van der Waals surface area contributed by atoms with E-state index in [1.165, 1.54) is 0 Å². The van der Waals surface area contributed by atoms with Crippen LogP contribution in [-0.4, -0.2) is 22.0 Å². The van der Waals surface area contributed by atoms with Crippen molar-refractivity contribution in [3.8, 4) is 0 Å². The summed E-state index contributed by atoms with van der Waals surface area (Å²) >= 11 is 5.24. The van der Waals surface area contributed by atoms with Crippen LogP contribution in [0.5, 0.6) is 0 Å². The van der Waals surface area contributed by atoms with Crippen LogP contribution >= 0.6 is 27.7 Å². The number of rotatable bonds is 7. The number of amides is 1. The Hall–Kier alpha value is -1.53. The predicted octanol–water partition coefficient (Wildman–Crippen LogP) is 5.10. The molecule has 1 N–H and O–H groups in total. The third kappa shape index (κ3) is 4.66. The van der Waals surface area contributed by atoms with E-state index in [-0.39, 0.29) is 16.9 Å². The lowest BCUT2D eigenvalue weighted by molar-refractivity contribution is 0.102. The van der Waals surface area contributed by atoms with Gasteiger partial charge in [0.25, 0.3) is 5.91 Å². The van der Waals surface area contributed by atoms with E-state index in [1.54, 1.807) is 0 Å². The third-order valence-electron chi connectivity index (χ3n) is 4.78. The minimum Gasteiger partial charge on any atom is -0.346 e. The van der Waals surface area contributed by atoms with Gasteiger partial charge in [-0.25, -0.2) is 0 Å². The summed E-state index contributed by atoms with van der Waals surface area (Å²) in [6, 6.07) is 5.95. The molecule has 0 aliphatic carbocycles. The molecule has 0 aliphatic rings. The van der Waals surface area contributed by atoms with Gasteiger partial charge in [-0.3, -0.25) is 9.59 Å². The number of hydrogen-bond acceptors (Lipinski definition) is 3. The molecule has 2 aromatic rings. The fourth-order valence-electron chi connectivity index (χ4n) is 3.22. The molecular formula is C21H27BrN2O2S. The summed E-state index contributed by atoms with van der Waals surface area (Å²) in [6.07, 6.45) is 0.812. The number of aromatic nitrogens is 1. The summed E-state index contributed by atoms with van der Waals surface area (Å²) in [5.41, 5.74) is 4.37. The van der Waals surface area contributed by atoms with Crippen molar-refractivity contribution in [2.75, 3.05) is 16.8 Å². The number of carbonyl (C=O) groups is 1. The van der Waals surface area contributed by atoms with Gasteiger partial charge in [-0.2, -0.15) is 11.8 Å². The van der Waals surface area contributed by atoms with Gasteiger partial charge in [0.2, 0.25) is 5.43 Å². The molecule has 4 nitrogen and oxygen atoms in total. The quantitative estimate of drug-likeness (QED) is 0.596. The summed E-state index contributed by atoms with van der Waals surface area (Å²) < 4.78 is 2.52. The van der Waals surface area contributed by atoms with Crippen LogP contribution in [0.1, 0.15) is 46.7 Å². The molecule has 1 aromatic heterocycles. The van der Waals surface area contributed by atoms with E-state index < -0.39 is 0 Å². The van der Waals surface area contributed by atoms with Gasteiger partial charge in [-0.05, 0) is 60.0 Å². The maximum Gasteiger partial charge on any atom is 0.261 e. The van der Waals surface area contributed by atoms with Crippen molar-refractivity contribution >= 4 is 39.3 Å². The highest BCUT2D eigenvalue weighted by molar-refractivity contribution is 9.10. The lowest BCUT2D eigenvalue weighted by atomic mass is 10.0. The molecule has 0 saturated carbocycles. The number of pyridine rings is 1. The molecule has 1 amide bonds. The van der Waals surface area contributed by atoms with Crippen molar-refractivity contribution in [1.29, 1.82) is 0 Å². The normalized spacial score (nSPS) is 10.9. The highest BCUT2D eigenvalue weighted by Crippen LogP contribution is 2.23. The third-order valence-corrected chi connectivity index (χ3v) is 6.60. The molecule has 146 valence electrons. The number of para-hydroxylation sites is 1. The summed E-state index contributed by atoms with van der Waals surface area (Å²) in [7, 11) is 0. The standard InChI is InChI=1S/C21H27BrN2O2S/c1-6-16-10-8-9-13(3)19(16)23-21(26)17-14(4)24(11-12-27-7-2)15(5)18(22)20(17)25/h8-10H,6-7,11-12H2,1-5H3,(H,23,26). The Labute approximate surface area is 173 Å². The Bertz CT molecular complexity index is 906. The summed E-state index contributed by atoms with van der Waals surface area (Å²) in [6.45, 7) is 10.7. The zero-order valence-electron chi connectivity index (χ0n) is 16.6. The van der Waals surface area contributed by atoms with E-state index in [4.69, 9.17) is 0 Å². The zero-order chi connectivity index (χ0) is 20.1. The summed E-state index contributed by atoms with van der Waals surface area (Å²) in [5, 5.41) is 2.99. The number of nitrogens with one attached hydrogen (secondary N) is 1. The summed E-state index contributed by atoms with van der Waals surface area (Å²) in [4.78, 5) is 25.9. The largest absolute Gasteiger partial charge is 0.346 e. The van der Waals surface area contributed by atoms with E-state index in [2.05, 4.69) is 39.7 Å². The van der Waals surface area contributed by atoms with Crippen LogP contribution in [0.4, 0.5) is 5.69 Å². The number of carbonyl (C=O) groups excluding carboxylic acids is 1. The van der Waals surface area contributed by atoms with Crippen LogP contribution in [-0.2, 0) is 13.0 Å². The fourth-order valence-corrected chi connectivity index (χ4v) is 4.24. The zero-order valence-corrected chi connectivity index (χ0v) is 19.0. The molecule has 0 saturated heterocycles. The first-order valence-electron chi connectivity index (χ1n) is 9.20. The molecule has 27 heavy (non-hydrogen) atoms. The van der Waals surface area contributed by atoms with E-state index in [0.29, 0.717) is 10.2 Å². The monoisotopic (exact) mass is 450 g/mol. The second kappa shape index (κ2) is 9.60. The maximum atomic E-state index is 13.1. The molecule has 1 heterocycles. The van der Waals surface area contributed by atoms with E-state index in [1.807, 2.05) is 50.7 Å². The number of nitrogens with zero attached hydrogens (tertiary/aromatic N) is 1. The molecule has 0 aliphatic heterocycles.